The van der Waals surface area contributed by atoms with E-state index in [2.05, 4.69) is 180 Å². The minimum absolute atomic E-state index is 0.954. The van der Waals surface area contributed by atoms with Crippen molar-refractivity contribution in [2.75, 3.05) is 0 Å². The molecule has 8 rings (SSSR count). The van der Waals surface area contributed by atoms with Crippen LogP contribution in [0.2, 0.25) is 0 Å². The lowest BCUT2D eigenvalue weighted by Crippen LogP contribution is -2.02. The molecule has 0 saturated carbocycles. The summed E-state index contributed by atoms with van der Waals surface area (Å²) in [7, 11) is 4.21. The highest BCUT2D eigenvalue weighted by molar-refractivity contribution is 5.88. The molecule has 0 aliphatic carbocycles. The molecule has 0 spiro atoms. The summed E-state index contributed by atoms with van der Waals surface area (Å²) in [5, 5.41) is 0. The summed E-state index contributed by atoms with van der Waals surface area (Å²) in [6.07, 6.45) is 1.89. The van der Waals surface area contributed by atoms with Gasteiger partial charge in [0.25, 0.3) is 0 Å². The molecule has 0 bridgehead atoms. The molecule has 0 N–H and O–H groups in total. The summed E-state index contributed by atoms with van der Waals surface area (Å²) in [6, 6.07) is 43.3. The van der Waals surface area contributed by atoms with E-state index in [1.807, 2.05) is 12.4 Å². The maximum Gasteiger partial charge on any atom is 0.141 e. The summed E-state index contributed by atoms with van der Waals surface area (Å²) in [6.45, 7) is 13.0. The number of benzene rings is 5. The van der Waals surface area contributed by atoms with E-state index in [1.165, 1.54) is 50.1 Å². The number of aromatic nitrogens is 5. The van der Waals surface area contributed by atoms with Gasteiger partial charge in [-0.1, -0.05) is 115 Å². The maximum absolute atomic E-state index is 5.51. The Balaban J connectivity index is 1.24. The largest absolute Gasteiger partial charge is 0.333 e. The van der Waals surface area contributed by atoms with Crippen LogP contribution in [-0.4, -0.2) is 24.1 Å². The Morgan fingerprint density at radius 3 is 1.57 bits per heavy atom. The fourth-order valence-corrected chi connectivity index (χ4v) is 8.45. The van der Waals surface area contributed by atoms with Gasteiger partial charge in [-0.2, -0.15) is 0 Å². The molecule has 3 aromatic heterocycles. The molecule has 3 heterocycles. The summed E-state index contributed by atoms with van der Waals surface area (Å²) < 4.78 is 4.38. The number of hydrogen-bond acceptors (Lipinski definition) is 3. The van der Waals surface area contributed by atoms with Gasteiger partial charge in [0.15, 0.2) is 0 Å². The predicted molar refractivity (Wildman–Crippen MR) is 224 cm³/mol. The molecule has 0 fully saturated rings. The second kappa shape index (κ2) is 13.9. The monoisotopic (exact) mass is 703 g/mol. The Morgan fingerprint density at radius 2 is 0.944 bits per heavy atom. The highest BCUT2D eigenvalue weighted by Gasteiger charge is 2.24. The fraction of sp³-hybridized carbons (Fsp3) is 0.163. The first-order valence-corrected chi connectivity index (χ1v) is 18.6. The Bertz CT molecular complexity index is 2620. The number of rotatable bonds is 7. The van der Waals surface area contributed by atoms with E-state index < -0.39 is 0 Å². The van der Waals surface area contributed by atoms with Gasteiger partial charge in [0.05, 0.1) is 29.1 Å². The van der Waals surface area contributed by atoms with Crippen molar-refractivity contribution in [3.8, 4) is 78.7 Å². The normalized spacial score (nSPS) is 11.3. The van der Waals surface area contributed by atoms with Crippen LogP contribution in [0.25, 0.3) is 78.7 Å². The van der Waals surface area contributed by atoms with Crippen LogP contribution in [-0.2, 0) is 14.1 Å². The van der Waals surface area contributed by atoms with Gasteiger partial charge in [0, 0.05) is 58.9 Å². The number of nitrogens with zero attached hydrogens (tertiary/aromatic N) is 5. The van der Waals surface area contributed by atoms with E-state index in [4.69, 9.17) is 15.0 Å². The molecular weight excluding hydrogens is 659 g/mol. The van der Waals surface area contributed by atoms with E-state index in [0.29, 0.717) is 0 Å². The van der Waals surface area contributed by atoms with Gasteiger partial charge in [-0.25, -0.2) is 9.97 Å². The molecule has 0 atom stereocenters. The molecule has 8 aromatic rings. The minimum atomic E-state index is 0.954. The molecule has 5 aromatic carbocycles. The van der Waals surface area contributed by atoms with Gasteiger partial charge in [0.1, 0.15) is 5.82 Å². The SMILES string of the molecule is Cc1cc(C)c(-c2ccc(-c3c(C)cc(C)c(-c4nc(-c5ccc(-c6c(-c7ccccc7)ncn6C)cc5)c(-c5ccccc5)n4C)c3C)cc2)c(C)n1. The zero-order chi connectivity index (χ0) is 37.7. The fourth-order valence-electron chi connectivity index (χ4n) is 8.45. The van der Waals surface area contributed by atoms with Crippen LogP contribution < -0.4 is 0 Å². The highest BCUT2D eigenvalue weighted by atomic mass is 15.1. The van der Waals surface area contributed by atoms with Crippen molar-refractivity contribution >= 4 is 0 Å². The summed E-state index contributed by atoms with van der Waals surface area (Å²) >= 11 is 0. The Morgan fingerprint density at radius 1 is 0.444 bits per heavy atom. The average Bonchev–Trinajstić information content (AvgIpc) is 3.71. The second-order valence-corrected chi connectivity index (χ2v) is 14.6. The molecule has 0 saturated heterocycles. The lowest BCUT2D eigenvalue weighted by Gasteiger charge is -2.19. The van der Waals surface area contributed by atoms with Crippen LogP contribution in [0.3, 0.4) is 0 Å². The smallest absolute Gasteiger partial charge is 0.141 e. The summed E-state index contributed by atoms with van der Waals surface area (Å²) in [4.78, 5) is 15.0. The number of aryl methyl sites for hydroxylation is 6. The first kappa shape index (κ1) is 34.7. The average molecular weight is 704 g/mol. The van der Waals surface area contributed by atoms with E-state index in [0.717, 1.165) is 62.2 Å². The topological polar surface area (TPSA) is 48.5 Å². The number of pyridine rings is 1. The van der Waals surface area contributed by atoms with Gasteiger partial charge in [-0.3, -0.25) is 4.98 Å². The van der Waals surface area contributed by atoms with Crippen LogP contribution in [0.4, 0.5) is 0 Å². The number of imidazole rings is 2. The highest BCUT2D eigenvalue weighted by Crippen LogP contribution is 2.42. The zero-order valence-corrected chi connectivity index (χ0v) is 32.4. The van der Waals surface area contributed by atoms with Crippen molar-refractivity contribution in [2.24, 2.45) is 14.1 Å². The van der Waals surface area contributed by atoms with Crippen LogP contribution in [0, 0.1) is 41.5 Å². The van der Waals surface area contributed by atoms with Crippen molar-refractivity contribution in [1.82, 2.24) is 24.1 Å². The molecule has 0 unspecified atom stereocenters. The molecule has 0 radical (unpaired) electrons. The summed E-state index contributed by atoms with van der Waals surface area (Å²) in [5.74, 6) is 0.954. The van der Waals surface area contributed by atoms with Gasteiger partial charge in [-0.15, -0.1) is 0 Å². The van der Waals surface area contributed by atoms with Crippen molar-refractivity contribution < 1.29 is 0 Å². The Kier molecular flexibility index (Phi) is 8.95. The molecule has 5 nitrogen and oxygen atoms in total. The second-order valence-electron chi connectivity index (χ2n) is 14.6. The maximum atomic E-state index is 5.51. The molecule has 266 valence electrons. The Labute approximate surface area is 318 Å². The lowest BCUT2D eigenvalue weighted by molar-refractivity contribution is 0.921. The third-order valence-corrected chi connectivity index (χ3v) is 10.7. The van der Waals surface area contributed by atoms with Crippen molar-refractivity contribution in [3.05, 3.63) is 161 Å². The van der Waals surface area contributed by atoms with E-state index in [1.54, 1.807) is 0 Å². The predicted octanol–water partition coefficient (Wildman–Crippen LogP) is 12.1. The van der Waals surface area contributed by atoms with Gasteiger partial charge < -0.3 is 9.13 Å². The van der Waals surface area contributed by atoms with Gasteiger partial charge in [-0.05, 0) is 86.6 Å². The Hall–Kier alpha value is -6.33. The lowest BCUT2D eigenvalue weighted by atomic mass is 9.88. The molecule has 5 heteroatoms. The van der Waals surface area contributed by atoms with Crippen LogP contribution >= 0.6 is 0 Å². The third kappa shape index (κ3) is 6.06. The van der Waals surface area contributed by atoms with Crippen molar-refractivity contribution in [3.63, 3.8) is 0 Å². The molecule has 0 aliphatic heterocycles. The molecule has 0 aliphatic rings. The quantitative estimate of drug-likeness (QED) is 0.166. The minimum Gasteiger partial charge on any atom is -0.333 e. The first-order chi connectivity index (χ1) is 26.1. The van der Waals surface area contributed by atoms with Crippen molar-refractivity contribution in [2.45, 2.75) is 41.5 Å². The third-order valence-electron chi connectivity index (χ3n) is 10.7. The molecule has 0 amide bonds. The van der Waals surface area contributed by atoms with Gasteiger partial charge in [0.2, 0.25) is 0 Å². The molecule has 54 heavy (non-hydrogen) atoms. The van der Waals surface area contributed by atoms with E-state index in [-0.39, 0.29) is 0 Å². The number of hydrogen-bond donors (Lipinski definition) is 0. The zero-order valence-electron chi connectivity index (χ0n) is 32.4. The standard InChI is InChI=1S/C49H45N5/c1-30-27-31(2)43(34(5)42(30)36-19-21-37(22-20-36)44-32(3)28-33(4)51-35(44)6)49-52-46(48(54(49)8)40-17-13-10-14-18-40)39-23-25-41(26-24-39)47-45(50-29-53(47)7)38-15-11-9-12-16-38/h9-29H,1-8H3. The van der Waals surface area contributed by atoms with E-state index >= 15 is 0 Å². The van der Waals surface area contributed by atoms with E-state index in [9.17, 15) is 0 Å². The molecular formula is C49H45N5. The first-order valence-electron chi connectivity index (χ1n) is 18.6. The van der Waals surface area contributed by atoms with Gasteiger partial charge >= 0.3 is 0 Å². The van der Waals surface area contributed by atoms with Crippen molar-refractivity contribution in [1.29, 1.82) is 0 Å². The van der Waals surface area contributed by atoms with Crippen LogP contribution in [0.5, 0.6) is 0 Å². The summed E-state index contributed by atoms with van der Waals surface area (Å²) in [5.41, 5.74) is 21.6. The van der Waals surface area contributed by atoms with Crippen LogP contribution in [0.1, 0.15) is 33.6 Å². The van der Waals surface area contributed by atoms with Crippen LogP contribution in [0.15, 0.2) is 128 Å².